The fourth-order valence-electron chi connectivity index (χ4n) is 2.01. The minimum absolute atomic E-state index is 0.164. The summed E-state index contributed by atoms with van der Waals surface area (Å²) in [4.78, 5) is 1.96. The van der Waals surface area contributed by atoms with Gasteiger partial charge in [0, 0.05) is 36.1 Å². The molecule has 0 bridgehead atoms. The smallest absolute Gasteiger partial charge is 0.149 e. The molecule has 0 aliphatic carbocycles. The van der Waals surface area contributed by atoms with Gasteiger partial charge in [0.15, 0.2) is 0 Å². The van der Waals surface area contributed by atoms with Crippen LogP contribution in [0.4, 0.5) is 5.69 Å². The Morgan fingerprint density at radius 2 is 2.05 bits per heavy atom. The van der Waals surface area contributed by atoms with E-state index in [4.69, 9.17) is 0 Å². The monoisotopic (exact) mass is 376 g/mol. The minimum Gasteiger partial charge on any atom is -0.374 e. The van der Waals surface area contributed by atoms with Crippen LogP contribution in [0.15, 0.2) is 22.7 Å². The van der Waals surface area contributed by atoms with Gasteiger partial charge in [-0.05, 0) is 37.6 Å². The van der Waals surface area contributed by atoms with E-state index in [-0.39, 0.29) is 11.8 Å². The van der Waals surface area contributed by atoms with Gasteiger partial charge < -0.3 is 10.2 Å². The third-order valence-corrected chi connectivity index (χ3v) is 5.00. The lowest BCUT2D eigenvalue weighted by atomic mass is 10.1. The third-order valence-electron chi connectivity index (χ3n) is 3.39. The molecule has 0 fully saturated rings. The Balaban J connectivity index is 2.77. The van der Waals surface area contributed by atoms with Gasteiger partial charge in [-0.1, -0.05) is 28.9 Å². The lowest BCUT2D eigenvalue weighted by Gasteiger charge is -2.21. The van der Waals surface area contributed by atoms with Crippen molar-refractivity contribution >= 4 is 31.5 Å². The predicted octanol–water partition coefficient (Wildman–Crippen LogP) is 2.99. The zero-order chi connectivity index (χ0) is 16.0. The molecule has 0 saturated heterocycles. The highest BCUT2D eigenvalue weighted by Gasteiger charge is 2.11. The maximum Gasteiger partial charge on any atom is 0.149 e. The third kappa shape index (κ3) is 6.36. The maximum absolute atomic E-state index is 11.2. The molecule has 4 nitrogen and oxygen atoms in total. The van der Waals surface area contributed by atoms with Crippen LogP contribution in [0, 0.1) is 0 Å². The van der Waals surface area contributed by atoms with E-state index in [0.717, 1.165) is 23.1 Å². The van der Waals surface area contributed by atoms with Crippen molar-refractivity contribution in [2.75, 3.05) is 37.0 Å². The molecule has 0 aromatic heterocycles. The average molecular weight is 377 g/mol. The molecule has 21 heavy (non-hydrogen) atoms. The first kappa shape index (κ1) is 18.5. The summed E-state index contributed by atoms with van der Waals surface area (Å²) in [5, 5.41) is 3.46. The highest BCUT2D eigenvalue weighted by Crippen LogP contribution is 2.28. The van der Waals surface area contributed by atoms with Crippen LogP contribution in [0.3, 0.4) is 0 Å². The Kier molecular flexibility index (Phi) is 7.16. The van der Waals surface area contributed by atoms with Crippen LogP contribution >= 0.6 is 15.9 Å². The number of benzene rings is 1. The molecule has 1 atom stereocenters. The van der Waals surface area contributed by atoms with Crippen molar-refractivity contribution in [3.05, 3.63) is 28.2 Å². The first-order chi connectivity index (χ1) is 9.74. The van der Waals surface area contributed by atoms with Crippen LogP contribution in [0.25, 0.3) is 0 Å². The van der Waals surface area contributed by atoms with Crippen molar-refractivity contribution in [1.29, 1.82) is 0 Å². The van der Waals surface area contributed by atoms with E-state index in [0.29, 0.717) is 6.54 Å². The van der Waals surface area contributed by atoms with Gasteiger partial charge in [-0.2, -0.15) is 0 Å². The second kappa shape index (κ2) is 8.15. The summed E-state index contributed by atoms with van der Waals surface area (Å²) in [5.74, 6) is 0.164. The van der Waals surface area contributed by atoms with Crippen molar-refractivity contribution in [2.24, 2.45) is 0 Å². The molecule has 0 saturated carbocycles. The molecular formula is C15H25BrN2O2S. The molecule has 1 aromatic carbocycles. The molecule has 0 radical (unpaired) electrons. The molecule has 1 aromatic rings. The Bertz CT molecular complexity index is 561. The standard InChI is InChI=1S/C15H25BrN2O2S/c1-5-8-17-12(2)14-7-6-13(11-15(14)16)18(3)9-10-21(4,19)20/h6-7,11-12,17H,5,8-10H2,1-4H3. The Morgan fingerprint density at radius 1 is 1.38 bits per heavy atom. The number of hydrogen-bond donors (Lipinski definition) is 1. The van der Waals surface area contributed by atoms with Gasteiger partial charge in [-0.3, -0.25) is 0 Å². The van der Waals surface area contributed by atoms with E-state index in [1.807, 2.05) is 24.1 Å². The topological polar surface area (TPSA) is 49.4 Å². The van der Waals surface area contributed by atoms with E-state index >= 15 is 0 Å². The van der Waals surface area contributed by atoms with Crippen LogP contribution < -0.4 is 10.2 Å². The quantitative estimate of drug-likeness (QED) is 0.757. The van der Waals surface area contributed by atoms with Crippen molar-refractivity contribution < 1.29 is 8.42 Å². The molecule has 1 N–H and O–H groups in total. The van der Waals surface area contributed by atoms with Gasteiger partial charge in [-0.25, -0.2) is 8.42 Å². The summed E-state index contributed by atoms with van der Waals surface area (Å²) in [6.07, 6.45) is 2.37. The van der Waals surface area contributed by atoms with Crippen LogP contribution in [-0.2, 0) is 9.84 Å². The van der Waals surface area contributed by atoms with Crippen LogP contribution in [0.1, 0.15) is 31.9 Å². The number of anilines is 1. The molecule has 0 spiro atoms. The second-order valence-electron chi connectivity index (χ2n) is 5.43. The van der Waals surface area contributed by atoms with Gasteiger partial charge >= 0.3 is 0 Å². The zero-order valence-corrected chi connectivity index (χ0v) is 15.6. The van der Waals surface area contributed by atoms with Crippen molar-refractivity contribution in [3.63, 3.8) is 0 Å². The highest BCUT2D eigenvalue weighted by atomic mass is 79.9. The summed E-state index contributed by atoms with van der Waals surface area (Å²) >= 11 is 3.61. The molecule has 6 heteroatoms. The molecule has 1 unspecified atom stereocenters. The van der Waals surface area contributed by atoms with E-state index in [1.165, 1.54) is 11.8 Å². The van der Waals surface area contributed by atoms with E-state index < -0.39 is 9.84 Å². The lowest BCUT2D eigenvalue weighted by molar-refractivity contribution is 0.569. The van der Waals surface area contributed by atoms with Crippen molar-refractivity contribution in [2.45, 2.75) is 26.3 Å². The number of sulfone groups is 1. The normalized spacial score (nSPS) is 13.2. The number of nitrogens with zero attached hydrogens (tertiary/aromatic N) is 1. The first-order valence-electron chi connectivity index (χ1n) is 7.16. The van der Waals surface area contributed by atoms with Gasteiger partial charge in [0.25, 0.3) is 0 Å². The summed E-state index contributed by atoms with van der Waals surface area (Å²) in [6, 6.07) is 6.45. The molecule has 0 aliphatic heterocycles. The van der Waals surface area contributed by atoms with Gasteiger partial charge in [-0.15, -0.1) is 0 Å². The maximum atomic E-state index is 11.2. The van der Waals surface area contributed by atoms with Crippen LogP contribution in [0.2, 0.25) is 0 Å². The highest BCUT2D eigenvalue weighted by molar-refractivity contribution is 9.10. The Hall–Kier alpha value is -0.590. The predicted molar refractivity (Wildman–Crippen MR) is 93.8 cm³/mol. The largest absolute Gasteiger partial charge is 0.374 e. The van der Waals surface area contributed by atoms with Crippen molar-refractivity contribution in [3.8, 4) is 0 Å². The van der Waals surface area contributed by atoms with E-state index in [9.17, 15) is 8.42 Å². The lowest BCUT2D eigenvalue weighted by Crippen LogP contribution is -2.25. The molecular weight excluding hydrogens is 352 g/mol. The Morgan fingerprint density at radius 3 is 2.57 bits per heavy atom. The Labute approximate surface area is 137 Å². The number of rotatable bonds is 8. The van der Waals surface area contributed by atoms with Crippen LogP contribution in [0.5, 0.6) is 0 Å². The van der Waals surface area contributed by atoms with Gasteiger partial charge in [0.1, 0.15) is 9.84 Å². The van der Waals surface area contributed by atoms with Crippen molar-refractivity contribution in [1.82, 2.24) is 5.32 Å². The van der Waals surface area contributed by atoms with Gasteiger partial charge in [0.05, 0.1) is 5.75 Å². The van der Waals surface area contributed by atoms with Gasteiger partial charge in [0.2, 0.25) is 0 Å². The minimum atomic E-state index is -2.93. The molecule has 0 heterocycles. The zero-order valence-electron chi connectivity index (χ0n) is 13.2. The molecule has 0 amide bonds. The summed E-state index contributed by atoms with van der Waals surface area (Å²) in [7, 11) is -1.02. The summed E-state index contributed by atoms with van der Waals surface area (Å²) in [5.41, 5.74) is 2.22. The fourth-order valence-corrected chi connectivity index (χ4v) is 3.32. The molecule has 120 valence electrons. The second-order valence-corrected chi connectivity index (χ2v) is 8.55. The first-order valence-corrected chi connectivity index (χ1v) is 10.0. The SMILES string of the molecule is CCCNC(C)c1ccc(N(C)CCS(C)(=O)=O)cc1Br. The summed E-state index contributed by atoms with van der Waals surface area (Å²) in [6.45, 7) is 5.77. The fraction of sp³-hybridized carbons (Fsp3) is 0.600. The summed E-state index contributed by atoms with van der Waals surface area (Å²) < 4.78 is 23.5. The van der Waals surface area contributed by atoms with E-state index in [2.05, 4.69) is 41.2 Å². The molecule has 1 rings (SSSR count). The van der Waals surface area contributed by atoms with E-state index in [1.54, 1.807) is 0 Å². The molecule has 0 aliphatic rings. The number of nitrogens with one attached hydrogen (secondary N) is 1. The van der Waals surface area contributed by atoms with Crippen LogP contribution in [-0.4, -0.2) is 40.6 Å². The average Bonchev–Trinajstić information content (AvgIpc) is 2.41. The number of halogens is 1. The number of hydrogen-bond acceptors (Lipinski definition) is 4.